The van der Waals surface area contributed by atoms with E-state index in [1.54, 1.807) is 0 Å². The van der Waals surface area contributed by atoms with E-state index in [9.17, 15) is 0 Å². The van der Waals surface area contributed by atoms with Gasteiger partial charge < -0.3 is 14.4 Å². The third-order valence-electron chi connectivity index (χ3n) is 9.17. The summed E-state index contributed by atoms with van der Waals surface area (Å²) in [6.07, 6.45) is 9.88. The zero-order valence-electron chi connectivity index (χ0n) is 25.6. The van der Waals surface area contributed by atoms with Crippen LogP contribution in [0.3, 0.4) is 0 Å². The van der Waals surface area contributed by atoms with Crippen LogP contribution in [-0.4, -0.2) is 28.7 Å². The Morgan fingerprint density at radius 1 is 0.744 bits per heavy atom. The molecule has 0 aliphatic heterocycles. The number of pyridine rings is 2. The molecular weight excluding hydrogens is 482 g/mol. The molecule has 4 rings (SSSR count). The first-order valence-electron chi connectivity index (χ1n) is 15.8. The number of anilines is 2. The second kappa shape index (κ2) is 13.9. The first-order chi connectivity index (χ1) is 18.7. The summed E-state index contributed by atoms with van der Waals surface area (Å²) in [5, 5.41) is 0. The van der Waals surface area contributed by atoms with Gasteiger partial charge in [0.1, 0.15) is 23.8 Å². The first kappa shape index (κ1) is 29.7. The number of ether oxygens (including phenoxy) is 2. The van der Waals surface area contributed by atoms with Crippen LogP contribution in [0.4, 0.5) is 11.6 Å². The van der Waals surface area contributed by atoms with Gasteiger partial charge in [0.15, 0.2) is 0 Å². The molecule has 39 heavy (non-hydrogen) atoms. The number of unbranched alkanes of at least 4 members (excludes halogenated alkanes) is 1. The van der Waals surface area contributed by atoms with Gasteiger partial charge in [0.2, 0.25) is 11.8 Å². The monoisotopic (exact) mass is 535 g/mol. The lowest BCUT2D eigenvalue weighted by Crippen LogP contribution is -2.36. The minimum atomic E-state index is 0.224. The Labute approximate surface area is 238 Å². The fourth-order valence-corrected chi connectivity index (χ4v) is 6.71. The van der Waals surface area contributed by atoms with E-state index < -0.39 is 0 Å². The Morgan fingerprint density at radius 2 is 1.21 bits per heavy atom. The summed E-state index contributed by atoms with van der Waals surface area (Å²) in [7, 11) is 0. The predicted octanol–water partition coefficient (Wildman–Crippen LogP) is 9.09. The van der Waals surface area contributed by atoms with E-state index in [0.717, 1.165) is 55.6 Å². The number of rotatable bonds is 11. The van der Waals surface area contributed by atoms with Gasteiger partial charge in [0.05, 0.1) is 0 Å². The van der Waals surface area contributed by atoms with Crippen molar-refractivity contribution in [1.82, 2.24) is 9.97 Å². The van der Waals surface area contributed by atoms with E-state index in [4.69, 9.17) is 19.4 Å². The van der Waals surface area contributed by atoms with Gasteiger partial charge in [-0.15, -0.1) is 0 Å². The van der Waals surface area contributed by atoms with Crippen molar-refractivity contribution < 1.29 is 9.47 Å². The maximum atomic E-state index is 6.62. The van der Waals surface area contributed by atoms with Crippen LogP contribution in [0.5, 0.6) is 11.8 Å². The first-order valence-corrected chi connectivity index (χ1v) is 15.8. The third kappa shape index (κ3) is 7.89. The molecule has 0 spiro atoms. The van der Waals surface area contributed by atoms with Crippen molar-refractivity contribution in [2.75, 3.05) is 11.4 Å². The molecule has 0 radical (unpaired) electrons. The van der Waals surface area contributed by atoms with Crippen molar-refractivity contribution in [2.24, 2.45) is 35.5 Å². The van der Waals surface area contributed by atoms with Crippen molar-refractivity contribution >= 4 is 11.6 Å². The molecule has 0 N–H and O–H groups in total. The van der Waals surface area contributed by atoms with Gasteiger partial charge >= 0.3 is 0 Å². The molecule has 2 aliphatic carbocycles. The highest BCUT2D eigenvalue weighted by Crippen LogP contribution is 2.38. The van der Waals surface area contributed by atoms with Gasteiger partial charge in [-0.05, 0) is 79.7 Å². The summed E-state index contributed by atoms with van der Waals surface area (Å²) in [6, 6.07) is 12.3. The minimum Gasteiger partial charge on any atom is -0.474 e. The van der Waals surface area contributed by atoms with E-state index in [1.807, 2.05) is 12.1 Å². The SMILES string of the molecule is CCCCN(c1cccc(O[C@H]2C[C@@H](C)CC[C@@H]2C(C)C)n1)c1cccc(O[C@H]2C[C@@H](C)CC[C@@H]2C(C)C)n1. The summed E-state index contributed by atoms with van der Waals surface area (Å²) < 4.78 is 13.2. The smallest absolute Gasteiger partial charge is 0.215 e. The summed E-state index contributed by atoms with van der Waals surface area (Å²) in [5.74, 6) is 7.01. The van der Waals surface area contributed by atoms with Gasteiger partial charge in [-0.2, -0.15) is 9.97 Å². The van der Waals surface area contributed by atoms with E-state index in [-0.39, 0.29) is 12.2 Å². The zero-order valence-corrected chi connectivity index (χ0v) is 25.6. The lowest BCUT2D eigenvalue weighted by molar-refractivity contribution is 0.0426. The highest BCUT2D eigenvalue weighted by Gasteiger charge is 2.34. The summed E-state index contributed by atoms with van der Waals surface area (Å²) >= 11 is 0. The van der Waals surface area contributed by atoms with Crippen LogP contribution < -0.4 is 14.4 Å². The number of nitrogens with zero attached hydrogens (tertiary/aromatic N) is 3. The molecule has 0 amide bonds. The molecule has 0 bridgehead atoms. The van der Waals surface area contributed by atoms with Gasteiger partial charge in [-0.25, -0.2) is 0 Å². The molecule has 6 atom stereocenters. The van der Waals surface area contributed by atoms with Crippen LogP contribution in [0.15, 0.2) is 36.4 Å². The second-order valence-electron chi connectivity index (χ2n) is 13.1. The predicted molar refractivity (Wildman–Crippen MR) is 162 cm³/mol. The molecule has 2 aromatic rings. The summed E-state index contributed by atoms with van der Waals surface area (Å²) in [4.78, 5) is 12.3. The molecule has 0 unspecified atom stereocenters. The van der Waals surface area contributed by atoms with E-state index in [1.165, 1.54) is 25.7 Å². The molecule has 5 heteroatoms. The Hall–Kier alpha value is -2.30. The molecule has 2 fully saturated rings. The number of hydrogen-bond donors (Lipinski definition) is 0. The molecule has 2 heterocycles. The number of hydrogen-bond acceptors (Lipinski definition) is 5. The van der Waals surface area contributed by atoms with Crippen LogP contribution >= 0.6 is 0 Å². The third-order valence-corrected chi connectivity index (χ3v) is 9.17. The standard InChI is InChI=1S/C34H53N3O2/c1-8-9-20-37(31-12-10-14-33(35-31)38-29-21-25(6)16-18-27(29)23(2)3)32-13-11-15-34(36-32)39-30-22-26(7)17-19-28(30)24(4)5/h10-15,23-30H,8-9,16-22H2,1-7H3/t25-,26-,27+,28+,29-,30-/m0/s1. The lowest BCUT2D eigenvalue weighted by atomic mass is 9.75. The highest BCUT2D eigenvalue weighted by molar-refractivity contribution is 5.57. The average molecular weight is 536 g/mol. The quantitative estimate of drug-likeness (QED) is 0.287. The fraction of sp³-hybridized carbons (Fsp3) is 0.706. The van der Waals surface area contributed by atoms with Crippen molar-refractivity contribution in [3.63, 3.8) is 0 Å². The number of aromatic nitrogens is 2. The van der Waals surface area contributed by atoms with Crippen molar-refractivity contribution in [1.29, 1.82) is 0 Å². The normalized spacial score (nSPS) is 27.5. The topological polar surface area (TPSA) is 47.5 Å². The fourth-order valence-electron chi connectivity index (χ4n) is 6.71. The average Bonchev–Trinajstić information content (AvgIpc) is 2.89. The van der Waals surface area contributed by atoms with Crippen LogP contribution in [-0.2, 0) is 0 Å². The Kier molecular flexibility index (Phi) is 10.5. The molecular formula is C34H53N3O2. The van der Waals surface area contributed by atoms with E-state index >= 15 is 0 Å². The largest absolute Gasteiger partial charge is 0.474 e. The van der Waals surface area contributed by atoms with E-state index in [0.29, 0.717) is 35.5 Å². The lowest BCUT2D eigenvalue weighted by Gasteiger charge is -2.37. The second-order valence-corrected chi connectivity index (χ2v) is 13.1. The van der Waals surface area contributed by atoms with Gasteiger partial charge in [0.25, 0.3) is 0 Å². The van der Waals surface area contributed by atoms with Gasteiger partial charge in [0, 0.05) is 18.7 Å². The Balaban J connectivity index is 1.55. The molecule has 216 valence electrons. The maximum absolute atomic E-state index is 6.62. The zero-order chi connectivity index (χ0) is 27.9. The molecule has 2 aliphatic rings. The summed E-state index contributed by atoms with van der Waals surface area (Å²) in [5.41, 5.74) is 0. The van der Waals surface area contributed by atoms with Crippen molar-refractivity contribution in [3.8, 4) is 11.8 Å². The highest BCUT2D eigenvalue weighted by atomic mass is 16.5. The van der Waals surface area contributed by atoms with Gasteiger partial charge in [-0.3, -0.25) is 0 Å². The van der Waals surface area contributed by atoms with Gasteiger partial charge in [-0.1, -0.05) is 79.9 Å². The van der Waals surface area contributed by atoms with Crippen LogP contribution in [0.2, 0.25) is 0 Å². The Morgan fingerprint density at radius 3 is 1.62 bits per heavy atom. The summed E-state index contributed by atoms with van der Waals surface area (Å²) in [6.45, 7) is 17.1. The Bertz CT molecular complexity index is 948. The van der Waals surface area contributed by atoms with Crippen molar-refractivity contribution in [2.45, 2.75) is 112 Å². The van der Waals surface area contributed by atoms with Crippen LogP contribution in [0.25, 0.3) is 0 Å². The molecule has 5 nitrogen and oxygen atoms in total. The molecule has 0 aromatic carbocycles. The van der Waals surface area contributed by atoms with Crippen molar-refractivity contribution in [3.05, 3.63) is 36.4 Å². The molecule has 2 saturated carbocycles. The van der Waals surface area contributed by atoms with Crippen LogP contribution in [0.1, 0.15) is 99.8 Å². The molecule has 0 saturated heterocycles. The van der Waals surface area contributed by atoms with E-state index in [2.05, 4.69) is 77.6 Å². The van der Waals surface area contributed by atoms with Crippen LogP contribution in [0, 0.1) is 35.5 Å². The minimum absolute atomic E-state index is 0.224. The molecule has 2 aromatic heterocycles. The maximum Gasteiger partial charge on any atom is 0.215 e.